The summed E-state index contributed by atoms with van der Waals surface area (Å²) in [5.74, 6) is 0.638. The number of nitrogens with zero attached hydrogens (tertiary/aromatic N) is 2. The molecule has 0 spiro atoms. The zero-order chi connectivity index (χ0) is 15.4. The molecule has 0 aromatic heterocycles. The summed E-state index contributed by atoms with van der Waals surface area (Å²) in [6.45, 7) is 3.30. The third kappa shape index (κ3) is 1.96. The van der Waals surface area contributed by atoms with Gasteiger partial charge in [0.25, 0.3) is 0 Å². The summed E-state index contributed by atoms with van der Waals surface area (Å²) < 4.78 is 6.37. The Labute approximate surface area is 133 Å². The van der Waals surface area contributed by atoms with Crippen LogP contribution in [-0.2, 0) is 5.41 Å². The molecule has 1 saturated heterocycles. The van der Waals surface area contributed by atoms with Crippen LogP contribution in [0.25, 0.3) is 0 Å². The van der Waals surface area contributed by atoms with Gasteiger partial charge in [-0.25, -0.2) is 4.79 Å². The van der Waals surface area contributed by atoms with E-state index in [0.717, 1.165) is 28.7 Å². The van der Waals surface area contributed by atoms with Gasteiger partial charge in [-0.05, 0) is 41.5 Å². The van der Waals surface area contributed by atoms with E-state index in [-0.39, 0.29) is 5.41 Å². The molecule has 2 atom stereocenters. The Bertz CT molecular complexity index is 607. The minimum atomic E-state index is -0.440. The second-order valence-corrected chi connectivity index (χ2v) is 6.90. The summed E-state index contributed by atoms with van der Waals surface area (Å²) in [5, 5.41) is 2.52. The molecule has 6 heteroatoms. The SMILES string of the molecule is CNC(=O)Oc1c(Br)ccc2c1C1(C)CCN(C)C1N2C. The van der Waals surface area contributed by atoms with Gasteiger partial charge in [0.05, 0.1) is 10.6 Å². The number of carbonyl (C=O) groups excluding carboxylic acids is 1. The second-order valence-electron chi connectivity index (χ2n) is 6.04. The molecule has 0 aliphatic carbocycles. The van der Waals surface area contributed by atoms with E-state index in [1.165, 1.54) is 0 Å². The summed E-state index contributed by atoms with van der Waals surface area (Å²) in [6.07, 6.45) is 0.908. The quantitative estimate of drug-likeness (QED) is 0.842. The van der Waals surface area contributed by atoms with Crippen LogP contribution in [0.15, 0.2) is 16.6 Å². The lowest BCUT2D eigenvalue weighted by Gasteiger charge is -2.32. The van der Waals surface area contributed by atoms with Gasteiger partial charge in [0.15, 0.2) is 5.75 Å². The maximum atomic E-state index is 11.7. The highest BCUT2D eigenvalue weighted by Gasteiger charge is 2.54. The highest BCUT2D eigenvalue weighted by Crippen LogP contribution is 2.55. The maximum Gasteiger partial charge on any atom is 0.412 e. The second kappa shape index (κ2) is 4.88. The first kappa shape index (κ1) is 14.7. The number of likely N-dealkylation sites (tertiary alicyclic amines) is 1. The summed E-state index contributed by atoms with van der Waals surface area (Å²) in [4.78, 5) is 16.3. The number of amides is 1. The Hall–Kier alpha value is -1.27. The lowest BCUT2D eigenvalue weighted by Crippen LogP contribution is -2.45. The molecule has 0 saturated carbocycles. The molecule has 21 heavy (non-hydrogen) atoms. The standard InChI is InChI=1S/C15H20BrN3O2/c1-15-7-8-18(3)13(15)19(4)10-6-5-9(16)12(11(10)15)21-14(20)17-2/h5-6,13H,7-8H2,1-4H3,(H,17,20). The predicted octanol–water partition coefficient (Wildman–Crippen LogP) is 2.54. The van der Waals surface area contributed by atoms with Crippen molar-refractivity contribution >= 4 is 27.7 Å². The zero-order valence-electron chi connectivity index (χ0n) is 12.7. The van der Waals surface area contributed by atoms with Crippen molar-refractivity contribution in [3.05, 3.63) is 22.2 Å². The van der Waals surface area contributed by atoms with Crippen LogP contribution in [0.5, 0.6) is 5.75 Å². The Morgan fingerprint density at radius 2 is 2.19 bits per heavy atom. The third-order valence-corrected chi connectivity index (χ3v) is 5.40. The minimum Gasteiger partial charge on any atom is -0.409 e. The molecule has 3 rings (SSSR count). The fourth-order valence-electron chi connectivity index (χ4n) is 3.89. The first-order valence-corrected chi connectivity index (χ1v) is 7.85. The fourth-order valence-corrected chi connectivity index (χ4v) is 4.30. The number of rotatable bonds is 1. The predicted molar refractivity (Wildman–Crippen MR) is 86.0 cm³/mol. The van der Waals surface area contributed by atoms with Crippen LogP contribution in [0.4, 0.5) is 10.5 Å². The topological polar surface area (TPSA) is 44.8 Å². The summed E-state index contributed by atoms with van der Waals surface area (Å²) in [7, 11) is 5.82. The number of ether oxygens (including phenoxy) is 1. The van der Waals surface area contributed by atoms with Crippen molar-refractivity contribution < 1.29 is 9.53 Å². The van der Waals surface area contributed by atoms with E-state index < -0.39 is 6.09 Å². The van der Waals surface area contributed by atoms with Crippen LogP contribution < -0.4 is 15.0 Å². The number of halogens is 1. The molecule has 0 radical (unpaired) electrons. The molecule has 1 N–H and O–H groups in total. The van der Waals surface area contributed by atoms with Crippen molar-refractivity contribution in [1.29, 1.82) is 0 Å². The Morgan fingerprint density at radius 1 is 1.48 bits per heavy atom. The Balaban J connectivity index is 2.17. The lowest BCUT2D eigenvalue weighted by molar-refractivity contribution is 0.201. The largest absolute Gasteiger partial charge is 0.412 e. The molecule has 2 aliphatic heterocycles. The van der Waals surface area contributed by atoms with Gasteiger partial charge in [0, 0.05) is 37.3 Å². The molecule has 2 heterocycles. The molecule has 1 aromatic carbocycles. The highest BCUT2D eigenvalue weighted by atomic mass is 79.9. The van der Waals surface area contributed by atoms with Crippen LogP contribution in [0.3, 0.4) is 0 Å². The Morgan fingerprint density at radius 3 is 2.86 bits per heavy atom. The van der Waals surface area contributed by atoms with Crippen LogP contribution in [0, 0.1) is 0 Å². The molecular formula is C15H20BrN3O2. The van der Waals surface area contributed by atoms with Gasteiger partial charge < -0.3 is 15.0 Å². The molecule has 2 aliphatic rings. The zero-order valence-corrected chi connectivity index (χ0v) is 14.3. The van der Waals surface area contributed by atoms with Crippen LogP contribution in [-0.4, -0.2) is 44.8 Å². The molecule has 0 bridgehead atoms. The van der Waals surface area contributed by atoms with Crippen LogP contribution in [0.2, 0.25) is 0 Å². The Kier molecular flexibility index (Phi) is 3.41. The normalized spacial score (nSPS) is 27.5. The van der Waals surface area contributed by atoms with Gasteiger partial charge in [0.2, 0.25) is 0 Å². The first-order valence-electron chi connectivity index (χ1n) is 7.05. The third-order valence-electron chi connectivity index (χ3n) is 4.78. The van der Waals surface area contributed by atoms with Crippen molar-refractivity contribution in [2.24, 2.45) is 0 Å². The number of benzene rings is 1. The average molecular weight is 354 g/mol. The summed E-state index contributed by atoms with van der Waals surface area (Å²) >= 11 is 3.53. The molecule has 1 fully saturated rings. The number of anilines is 1. The van der Waals surface area contributed by atoms with E-state index in [1.807, 2.05) is 6.07 Å². The van der Waals surface area contributed by atoms with Crippen LogP contribution in [0.1, 0.15) is 18.9 Å². The number of likely N-dealkylation sites (N-methyl/N-ethyl adjacent to an activating group) is 2. The fraction of sp³-hybridized carbons (Fsp3) is 0.533. The van der Waals surface area contributed by atoms with E-state index in [0.29, 0.717) is 11.9 Å². The number of carbonyl (C=O) groups is 1. The lowest BCUT2D eigenvalue weighted by atomic mass is 9.81. The van der Waals surface area contributed by atoms with Gasteiger partial charge in [0.1, 0.15) is 0 Å². The molecule has 114 valence electrons. The average Bonchev–Trinajstić information content (AvgIpc) is 2.87. The van der Waals surface area contributed by atoms with Gasteiger partial charge in [-0.3, -0.25) is 4.90 Å². The monoisotopic (exact) mass is 353 g/mol. The first-order chi connectivity index (χ1) is 9.90. The summed E-state index contributed by atoms with van der Waals surface area (Å²) in [6, 6.07) is 4.03. The van der Waals surface area contributed by atoms with Crippen LogP contribution >= 0.6 is 15.9 Å². The van der Waals surface area contributed by atoms with Crippen molar-refractivity contribution in [2.75, 3.05) is 32.6 Å². The van der Waals surface area contributed by atoms with Crippen molar-refractivity contribution in [1.82, 2.24) is 10.2 Å². The van der Waals surface area contributed by atoms with Crippen molar-refractivity contribution in [3.63, 3.8) is 0 Å². The van der Waals surface area contributed by atoms with Crippen molar-refractivity contribution in [3.8, 4) is 5.75 Å². The molecular weight excluding hydrogens is 334 g/mol. The van der Waals surface area contributed by atoms with E-state index >= 15 is 0 Å². The van der Waals surface area contributed by atoms with E-state index in [2.05, 4.69) is 58.1 Å². The van der Waals surface area contributed by atoms with Gasteiger partial charge in [-0.1, -0.05) is 6.92 Å². The van der Waals surface area contributed by atoms with Gasteiger partial charge >= 0.3 is 6.09 Å². The molecule has 2 unspecified atom stereocenters. The van der Waals surface area contributed by atoms with Gasteiger partial charge in [-0.2, -0.15) is 0 Å². The van der Waals surface area contributed by atoms with E-state index in [1.54, 1.807) is 7.05 Å². The maximum absolute atomic E-state index is 11.7. The molecule has 1 amide bonds. The number of nitrogens with one attached hydrogen (secondary N) is 1. The summed E-state index contributed by atoms with van der Waals surface area (Å²) in [5.41, 5.74) is 2.22. The minimum absolute atomic E-state index is 0.0357. The molecule has 5 nitrogen and oxygen atoms in total. The number of hydrogen-bond donors (Lipinski definition) is 1. The van der Waals surface area contributed by atoms with Crippen molar-refractivity contribution in [2.45, 2.75) is 24.9 Å². The van der Waals surface area contributed by atoms with E-state index in [9.17, 15) is 4.79 Å². The van der Waals surface area contributed by atoms with Gasteiger partial charge in [-0.15, -0.1) is 0 Å². The molecule has 1 aromatic rings. The highest BCUT2D eigenvalue weighted by molar-refractivity contribution is 9.10. The smallest absolute Gasteiger partial charge is 0.409 e. The van der Waals surface area contributed by atoms with E-state index in [4.69, 9.17) is 4.74 Å². The number of hydrogen-bond acceptors (Lipinski definition) is 4. The number of fused-ring (bicyclic) bond motifs is 3.